The van der Waals surface area contributed by atoms with Crippen molar-refractivity contribution in [1.29, 1.82) is 0 Å². The second-order valence-corrected chi connectivity index (χ2v) is 8.13. The summed E-state index contributed by atoms with van der Waals surface area (Å²) >= 11 is 8.97. The molecule has 1 N–H and O–H groups in total. The van der Waals surface area contributed by atoms with Crippen LogP contribution in [0.5, 0.6) is 5.75 Å². The Hall–Kier alpha value is -2.09. The second kappa shape index (κ2) is 6.33. The maximum atomic E-state index is 12.7. The second-order valence-electron chi connectivity index (χ2n) is 5.38. The summed E-state index contributed by atoms with van der Waals surface area (Å²) in [5, 5.41) is 3.47. The molecule has 25 heavy (non-hydrogen) atoms. The fourth-order valence-electron chi connectivity index (χ4n) is 2.79. The number of nitrogens with zero attached hydrogens (tertiary/aromatic N) is 2. The predicted octanol–water partition coefficient (Wildman–Crippen LogP) is 5.25. The molecule has 8 heteroatoms. The number of methoxy groups -OCH3 is 1. The summed E-state index contributed by atoms with van der Waals surface area (Å²) in [7, 11) is 1.63. The lowest BCUT2D eigenvalue weighted by atomic mass is 10.3. The Morgan fingerprint density at radius 2 is 2.12 bits per heavy atom. The molecule has 0 fully saturated rings. The first kappa shape index (κ1) is 16.4. The lowest BCUT2D eigenvalue weighted by Crippen LogP contribution is -2.16. The van der Waals surface area contributed by atoms with Gasteiger partial charge in [-0.3, -0.25) is 10.1 Å². The molecule has 1 aromatic carbocycles. The van der Waals surface area contributed by atoms with E-state index >= 15 is 0 Å². The van der Waals surface area contributed by atoms with Gasteiger partial charge in [0.2, 0.25) is 0 Å². The van der Waals surface area contributed by atoms with Crippen LogP contribution < -0.4 is 10.1 Å². The van der Waals surface area contributed by atoms with Gasteiger partial charge in [0.05, 0.1) is 31.9 Å². The number of fused-ring (bicyclic) bond motifs is 2. The Kier molecular flexibility index (Phi) is 4.15. The van der Waals surface area contributed by atoms with E-state index in [-0.39, 0.29) is 5.91 Å². The largest absolute Gasteiger partial charge is 0.497 e. The number of thiophene rings is 1. The van der Waals surface area contributed by atoms with Crippen molar-refractivity contribution in [2.75, 3.05) is 12.4 Å². The summed E-state index contributed by atoms with van der Waals surface area (Å²) in [5.74, 6) is 0.596. The number of carbonyl (C=O) groups excluding carboxylic acids is 1. The quantitative estimate of drug-likeness (QED) is 0.517. The Bertz CT molecular complexity index is 1100. The van der Waals surface area contributed by atoms with Crippen LogP contribution in [0.3, 0.4) is 0 Å². The van der Waals surface area contributed by atoms with Crippen molar-refractivity contribution in [2.45, 2.75) is 13.5 Å². The van der Waals surface area contributed by atoms with E-state index in [4.69, 9.17) is 16.3 Å². The molecule has 0 saturated carbocycles. The van der Waals surface area contributed by atoms with Crippen molar-refractivity contribution in [2.24, 2.45) is 0 Å². The van der Waals surface area contributed by atoms with Gasteiger partial charge in [0.1, 0.15) is 11.4 Å². The number of ether oxygens (including phenoxy) is 1. The van der Waals surface area contributed by atoms with Crippen molar-refractivity contribution in [3.63, 3.8) is 0 Å². The number of hydrogen-bond acceptors (Lipinski definition) is 5. The fraction of sp³-hybridized carbons (Fsp3) is 0.176. The Morgan fingerprint density at radius 3 is 2.88 bits per heavy atom. The van der Waals surface area contributed by atoms with Gasteiger partial charge in [-0.1, -0.05) is 22.9 Å². The van der Waals surface area contributed by atoms with Crippen LogP contribution in [0, 0.1) is 0 Å². The van der Waals surface area contributed by atoms with Gasteiger partial charge in [-0.25, -0.2) is 4.98 Å². The maximum Gasteiger partial charge on any atom is 0.274 e. The van der Waals surface area contributed by atoms with Crippen molar-refractivity contribution >= 4 is 65.7 Å². The van der Waals surface area contributed by atoms with Crippen LogP contribution in [-0.2, 0) is 6.54 Å². The molecule has 0 aliphatic rings. The molecule has 4 rings (SSSR count). The van der Waals surface area contributed by atoms with Crippen LogP contribution in [0.25, 0.3) is 20.4 Å². The number of aromatic nitrogens is 2. The van der Waals surface area contributed by atoms with E-state index in [0.717, 1.165) is 30.5 Å². The minimum Gasteiger partial charge on any atom is -0.497 e. The van der Waals surface area contributed by atoms with Crippen molar-refractivity contribution in [3.05, 3.63) is 40.4 Å². The smallest absolute Gasteiger partial charge is 0.274 e. The number of aryl methyl sites for hydroxylation is 1. The van der Waals surface area contributed by atoms with E-state index in [1.807, 2.05) is 41.8 Å². The normalized spacial score (nSPS) is 11.3. The number of anilines is 1. The highest BCUT2D eigenvalue weighted by Crippen LogP contribution is 2.33. The van der Waals surface area contributed by atoms with Gasteiger partial charge in [0.15, 0.2) is 5.13 Å². The van der Waals surface area contributed by atoms with E-state index in [2.05, 4.69) is 10.3 Å². The summed E-state index contributed by atoms with van der Waals surface area (Å²) in [5.41, 5.74) is 2.42. The molecule has 5 nitrogen and oxygen atoms in total. The summed E-state index contributed by atoms with van der Waals surface area (Å²) in [6, 6.07) is 9.42. The Balaban J connectivity index is 1.66. The number of hydrogen-bond donors (Lipinski definition) is 1. The molecule has 0 unspecified atom stereocenters. The summed E-state index contributed by atoms with van der Waals surface area (Å²) in [6.45, 7) is 2.70. The highest BCUT2D eigenvalue weighted by Gasteiger charge is 2.18. The molecule has 0 aliphatic heterocycles. The zero-order valence-corrected chi connectivity index (χ0v) is 15.9. The van der Waals surface area contributed by atoms with Crippen LogP contribution >= 0.6 is 34.3 Å². The van der Waals surface area contributed by atoms with Crippen LogP contribution in [0.15, 0.2) is 30.3 Å². The molecule has 0 bridgehead atoms. The molecule has 0 spiro atoms. The molecule has 1 amide bonds. The number of carbonyl (C=O) groups is 1. The predicted molar refractivity (Wildman–Crippen MR) is 105 cm³/mol. The Labute approximate surface area is 156 Å². The average molecular weight is 392 g/mol. The zero-order valence-electron chi connectivity index (χ0n) is 13.5. The van der Waals surface area contributed by atoms with Crippen molar-refractivity contribution in [1.82, 2.24) is 9.55 Å². The minimum absolute atomic E-state index is 0.174. The average Bonchev–Trinajstić information content (AvgIpc) is 3.24. The number of nitrogens with one attached hydrogen (secondary N) is 1. The summed E-state index contributed by atoms with van der Waals surface area (Å²) < 4.78 is 9.88. The number of rotatable bonds is 4. The van der Waals surface area contributed by atoms with Crippen molar-refractivity contribution < 1.29 is 9.53 Å². The minimum atomic E-state index is -0.174. The van der Waals surface area contributed by atoms with E-state index in [1.54, 1.807) is 7.11 Å². The first-order valence-electron chi connectivity index (χ1n) is 7.63. The monoisotopic (exact) mass is 391 g/mol. The van der Waals surface area contributed by atoms with E-state index < -0.39 is 0 Å². The van der Waals surface area contributed by atoms with Crippen LogP contribution in [0.4, 0.5) is 5.13 Å². The zero-order chi connectivity index (χ0) is 17.6. The van der Waals surface area contributed by atoms with Gasteiger partial charge < -0.3 is 9.30 Å². The van der Waals surface area contributed by atoms with Crippen molar-refractivity contribution in [3.8, 4) is 5.75 Å². The standard InChI is InChI=1S/C17H14ClN3O2S2/c1-3-21-11-8-15(18)24-14(11)7-12(21)16(22)20-17-19-10-5-4-9(23-2)6-13(10)25-17/h4-8H,3H2,1-2H3,(H,19,20,22). The molecule has 3 heterocycles. The van der Waals surface area contributed by atoms with E-state index in [1.165, 1.54) is 22.7 Å². The maximum absolute atomic E-state index is 12.7. The number of thiazole rings is 1. The molecule has 0 saturated heterocycles. The van der Waals surface area contributed by atoms with Crippen LogP contribution in [0.2, 0.25) is 4.34 Å². The molecule has 0 atom stereocenters. The molecular formula is C17H14ClN3O2S2. The third kappa shape index (κ3) is 2.88. The molecule has 128 valence electrons. The molecule has 3 aromatic heterocycles. The lowest BCUT2D eigenvalue weighted by molar-refractivity contribution is 0.101. The summed E-state index contributed by atoms with van der Waals surface area (Å²) in [4.78, 5) is 17.2. The van der Waals surface area contributed by atoms with Gasteiger partial charge >= 0.3 is 0 Å². The van der Waals surface area contributed by atoms with Gasteiger partial charge in [-0.2, -0.15) is 0 Å². The number of halogens is 1. The van der Waals surface area contributed by atoms with Gasteiger partial charge in [0, 0.05) is 6.54 Å². The fourth-order valence-corrected chi connectivity index (χ4v) is 4.85. The highest BCUT2D eigenvalue weighted by atomic mass is 35.5. The number of benzene rings is 1. The third-order valence-corrected chi connectivity index (χ3v) is 6.06. The van der Waals surface area contributed by atoms with E-state index in [9.17, 15) is 4.79 Å². The Morgan fingerprint density at radius 1 is 1.28 bits per heavy atom. The van der Waals surface area contributed by atoms with Gasteiger partial charge in [-0.15, -0.1) is 11.3 Å². The first-order chi connectivity index (χ1) is 12.1. The van der Waals surface area contributed by atoms with Crippen LogP contribution in [0.1, 0.15) is 17.4 Å². The molecule has 4 aromatic rings. The summed E-state index contributed by atoms with van der Waals surface area (Å²) in [6.07, 6.45) is 0. The third-order valence-electron chi connectivity index (χ3n) is 3.92. The SMILES string of the molecule is CCn1c(C(=O)Nc2nc3ccc(OC)cc3s2)cc2sc(Cl)cc21. The molecular weight excluding hydrogens is 378 g/mol. The molecule has 0 radical (unpaired) electrons. The highest BCUT2D eigenvalue weighted by molar-refractivity contribution is 7.23. The van der Waals surface area contributed by atoms with E-state index in [0.29, 0.717) is 17.4 Å². The topological polar surface area (TPSA) is 56.2 Å². The molecule has 0 aliphatic carbocycles. The van der Waals surface area contributed by atoms with Gasteiger partial charge in [-0.05, 0) is 37.3 Å². The lowest BCUT2D eigenvalue weighted by Gasteiger charge is -2.06. The number of amides is 1. The first-order valence-corrected chi connectivity index (χ1v) is 9.64. The van der Waals surface area contributed by atoms with Gasteiger partial charge in [0.25, 0.3) is 5.91 Å². The van der Waals surface area contributed by atoms with Crippen LogP contribution in [-0.4, -0.2) is 22.6 Å².